The lowest BCUT2D eigenvalue weighted by Gasteiger charge is -2.08. The van der Waals surface area contributed by atoms with Crippen LogP contribution in [-0.4, -0.2) is 52.4 Å². The summed E-state index contributed by atoms with van der Waals surface area (Å²) in [5, 5.41) is 13.8. The molecule has 0 saturated carbocycles. The summed E-state index contributed by atoms with van der Waals surface area (Å²) in [4.78, 5) is 0. The molecule has 0 unspecified atom stereocenters. The summed E-state index contributed by atoms with van der Waals surface area (Å²) >= 11 is 0. The predicted molar refractivity (Wildman–Crippen MR) is 85.8 cm³/mol. The highest BCUT2D eigenvalue weighted by Gasteiger charge is 1.93. The number of hydrogen-bond donors (Lipinski definition) is 4. The Kier molecular flexibility index (Phi) is 15.8. The highest BCUT2D eigenvalue weighted by molar-refractivity contribution is 4.56. The Morgan fingerprint density at radius 1 is 0.632 bits per heavy atom. The van der Waals surface area contributed by atoms with Gasteiger partial charge in [-0.1, -0.05) is 20.8 Å². The van der Waals surface area contributed by atoms with Crippen LogP contribution in [0.1, 0.15) is 40.0 Å². The molecule has 0 fully saturated rings. The van der Waals surface area contributed by atoms with Crippen molar-refractivity contribution in [2.75, 3.05) is 52.4 Å². The smallest absolute Gasteiger partial charge is 0.00258 e. The maximum Gasteiger partial charge on any atom is -0.00258 e. The Balaban J connectivity index is 2.91. The minimum absolute atomic E-state index is 0.756. The molecule has 4 heteroatoms. The maximum atomic E-state index is 3.49. The van der Waals surface area contributed by atoms with Gasteiger partial charge in [-0.15, -0.1) is 0 Å². The van der Waals surface area contributed by atoms with Crippen molar-refractivity contribution < 1.29 is 0 Å². The van der Waals surface area contributed by atoms with E-state index in [1.165, 1.54) is 19.3 Å². The van der Waals surface area contributed by atoms with E-state index in [1.54, 1.807) is 0 Å². The predicted octanol–water partition coefficient (Wildman–Crippen LogP) is 1.19. The molecule has 0 radical (unpaired) electrons. The van der Waals surface area contributed by atoms with Crippen LogP contribution in [0.4, 0.5) is 0 Å². The molecule has 0 amide bonds. The molecule has 0 bridgehead atoms. The average molecular weight is 272 g/mol. The highest BCUT2D eigenvalue weighted by atomic mass is 14.9. The first-order valence-electron chi connectivity index (χ1n) is 8.10. The van der Waals surface area contributed by atoms with Crippen molar-refractivity contribution in [2.24, 2.45) is 5.92 Å². The fourth-order valence-corrected chi connectivity index (χ4v) is 1.83. The zero-order chi connectivity index (χ0) is 14.2. The van der Waals surface area contributed by atoms with E-state index in [0.717, 1.165) is 58.3 Å². The van der Waals surface area contributed by atoms with Crippen LogP contribution in [0.5, 0.6) is 0 Å². The Labute approximate surface area is 120 Å². The molecule has 0 spiro atoms. The Hall–Kier alpha value is -0.160. The van der Waals surface area contributed by atoms with Gasteiger partial charge in [0.15, 0.2) is 0 Å². The molecule has 4 N–H and O–H groups in total. The fourth-order valence-electron chi connectivity index (χ4n) is 1.83. The third-order valence-electron chi connectivity index (χ3n) is 2.92. The first-order chi connectivity index (χ1) is 9.27. The minimum Gasteiger partial charge on any atom is -0.317 e. The van der Waals surface area contributed by atoms with Crippen LogP contribution in [0, 0.1) is 5.92 Å². The molecule has 0 heterocycles. The van der Waals surface area contributed by atoms with Gasteiger partial charge in [0.2, 0.25) is 0 Å². The fraction of sp³-hybridized carbons (Fsp3) is 1.00. The molecule has 4 nitrogen and oxygen atoms in total. The van der Waals surface area contributed by atoms with Gasteiger partial charge in [0.1, 0.15) is 0 Å². The molecule has 0 aromatic rings. The molecule has 0 aliphatic rings. The van der Waals surface area contributed by atoms with Gasteiger partial charge < -0.3 is 21.3 Å². The Morgan fingerprint density at radius 2 is 1.05 bits per heavy atom. The van der Waals surface area contributed by atoms with Gasteiger partial charge in [-0.05, 0) is 77.5 Å². The average Bonchev–Trinajstić information content (AvgIpc) is 2.39. The van der Waals surface area contributed by atoms with Crippen LogP contribution in [0.25, 0.3) is 0 Å². The third kappa shape index (κ3) is 17.8. The van der Waals surface area contributed by atoms with E-state index in [-0.39, 0.29) is 0 Å². The van der Waals surface area contributed by atoms with Crippen molar-refractivity contribution in [3.63, 3.8) is 0 Å². The van der Waals surface area contributed by atoms with Crippen LogP contribution in [-0.2, 0) is 0 Å². The summed E-state index contributed by atoms with van der Waals surface area (Å²) in [6.07, 6.45) is 3.67. The summed E-state index contributed by atoms with van der Waals surface area (Å²) < 4.78 is 0. The molecular weight excluding hydrogens is 236 g/mol. The highest BCUT2D eigenvalue weighted by Crippen LogP contribution is 1.86. The zero-order valence-electron chi connectivity index (χ0n) is 13.4. The van der Waals surface area contributed by atoms with Gasteiger partial charge in [0, 0.05) is 0 Å². The first-order valence-corrected chi connectivity index (χ1v) is 8.10. The number of rotatable bonds is 15. The lowest BCUT2D eigenvalue weighted by molar-refractivity contribution is 0.523. The van der Waals surface area contributed by atoms with Gasteiger partial charge in [0.05, 0.1) is 0 Å². The van der Waals surface area contributed by atoms with Gasteiger partial charge in [-0.2, -0.15) is 0 Å². The maximum absolute atomic E-state index is 3.49. The monoisotopic (exact) mass is 272 g/mol. The van der Waals surface area contributed by atoms with Crippen LogP contribution >= 0.6 is 0 Å². The first kappa shape index (κ1) is 18.8. The lowest BCUT2D eigenvalue weighted by Crippen LogP contribution is -2.27. The van der Waals surface area contributed by atoms with Gasteiger partial charge in [0.25, 0.3) is 0 Å². The molecule has 0 aliphatic carbocycles. The number of nitrogens with one attached hydrogen (secondary N) is 4. The SMILES string of the molecule is CCNCCCNCCCNCCCNCC(C)C. The van der Waals surface area contributed by atoms with E-state index in [1.807, 2.05) is 0 Å². The number of hydrogen-bond acceptors (Lipinski definition) is 4. The van der Waals surface area contributed by atoms with Crippen molar-refractivity contribution >= 4 is 0 Å². The molecule has 0 aliphatic heterocycles. The van der Waals surface area contributed by atoms with Crippen molar-refractivity contribution in [3.05, 3.63) is 0 Å². The van der Waals surface area contributed by atoms with Crippen LogP contribution in [0.2, 0.25) is 0 Å². The molecule has 0 aromatic heterocycles. The second-order valence-electron chi connectivity index (χ2n) is 5.51. The Bertz CT molecular complexity index is 162. The summed E-state index contributed by atoms with van der Waals surface area (Å²) in [7, 11) is 0. The van der Waals surface area contributed by atoms with Crippen molar-refractivity contribution in [1.29, 1.82) is 0 Å². The summed E-state index contributed by atoms with van der Waals surface area (Å²) in [5.41, 5.74) is 0. The van der Waals surface area contributed by atoms with Crippen LogP contribution in [0.3, 0.4) is 0 Å². The summed E-state index contributed by atoms with van der Waals surface area (Å²) in [6.45, 7) is 15.6. The van der Waals surface area contributed by atoms with Crippen molar-refractivity contribution in [3.8, 4) is 0 Å². The van der Waals surface area contributed by atoms with Crippen molar-refractivity contribution in [1.82, 2.24) is 21.3 Å². The van der Waals surface area contributed by atoms with E-state index in [4.69, 9.17) is 0 Å². The molecule has 19 heavy (non-hydrogen) atoms. The molecule has 0 atom stereocenters. The largest absolute Gasteiger partial charge is 0.317 e. The van der Waals surface area contributed by atoms with Gasteiger partial charge in [-0.3, -0.25) is 0 Å². The normalized spacial score (nSPS) is 11.4. The molecular formula is C15H36N4. The minimum atomic E-state index is 0.756. The standard InChI is InChI=1S/C15H36N4/c1-4-16-8-5-9-17-10-6-11-18-12-7-13-19-14-15(2)3/h15-19H,4-14H2,1-3H3. The van der Waals surface area contributed by atoms with E-state index in [2.05, 4.69) is 42.0 Å². The molecule has 116 valence electrons. The van der Waals surface area contributed by atoms with Gasteiger partial charge >= 0.3 is 0 Å². The quantitative estimate of drug-likeness (QED) is 0.338. The van der Waals surface area contributed by atoms with E-state index < -0.39 is 0 Å². The van der Waals surface area contributed by atoms with E-state index >= 15 is 0 Å². The summed E-state index contributed by atoms with van der Waals surface area (Å²) in [5.74, 6) is 0.756. The van der Waals surface area contributed by atoms with Crippen LogP contribution < -0.4 is 21.3 Å². The molecule has 0 rings (SSSR count). The van der Waals surface area contributed by atoms with E-state index in [0.29, 0.717) is 0 Å². The van der Waals surface area contributed by atoms with Gasteiger partial charge in [-0.25, -0.2) is 0 Å². The molecule has 0 saturated heterocycles. The lowest BCUT2D eigenvalue weighted by atomic mass is 10.2. The third-order valence-corrected chi connectivity index (χ3v) is 2.92. The van der Waals surface area contributed by atoms with E-state index in [9.17, 15) is 0 Å². The zero-order valence-corrected chi connectivity index (χ0v) is 13.4. The van der Waals surface area contributed by atoms with Crippen LogP contribution in [0.15, 0.2) is 0 Å². The summed E-state index contributed by atoms with van der Waals surface area (Å²) in [6, 6.07) is 0. The topological polar surface area (TPSA) is 48.1 Å². The second kappa shape index (κ2) is 15.9. The molecule has 0 aromatic carbocycles. The van der Waals surface area contributed by atoms with Crippen molar-refractivity contribution in [2.45, 2.75) is 40.0 Å². The second-order valence-corrected chi connectivity index (χ2v) is 5.51. The Morgan fingerprint density at radius 3 is 1.47 bits per heavy atom.